The Hall–Kier alpha value is -2.28. The highest BCUT2D eigenvalue weighted by molar-refractivity contribution is 5.79. The van der Waals surface area contributed by atoms with Gasteiger partial charge in [0, 0.05) is 19.6 Å². The summed E-state index contributed by atoms with van der Waals surface area (Å²) < 4.78 is 5.19. The average Bonchev–Trinajstić information content (AvgIpc) is 2.58. The minimum Gasteiger partial charge on any atom is -0.444 e. The first-order valence-corrected chi connectivity index (χ1v) is 9.41. The van der Waals surface area contributed by atoms with Crippen molar-refractivity contribution in [3.05, 3.63) is 35.9 Å². The fourth-order valence-corrected chi connectivity index (χ4v) is 2.26. The molecular formula is C20H34N4O3. The van der Waals surface area contributed by atoms with Gasteiger partial charge in [-0.3, -0.25) is 0 Å². The smallest absolute Gasteiger partial charge is 0.407 e. The van der Waals surface area contributed by atoms with Gasteiger partial charge in [-0.2, -0.15) is 0 Å². The summed E-state index contributed by atoms with van der Waals surface area (Å²) in [5.74, 6) is 0.631. The molecule has 0 fully saturated rings. The molecule has 0 spiro atoms. The van der Waals surface area contributed by atoms with Crippen LogP contribution in [-0.2, 0) is 10.3 Å². The monoisotopic (exact) mass is 378 g/mol. The lowest BCUT2D eigenvalue weighted by Gasteiger charge is -2.22. The summed E-state index contributed by atoms with van der Waals surface area (Å²) in [5, 5.41) is 19.7. The molecule has 1 atom stereocenters. The van der Waals surface area contributed by atoms with E-state index in [1.165, 1.54) is 0 Å². The van der Waals surface area contributed by atoms with Crippen molar-refractivity contribution < 1.29 is 14.6 Å². The molecule has 7 nitrogen and oxygen atoms in total. The Kier molecular flexibility index (Phi) is 9.08. The zero-order chi connectivity index (χ0) is 20.3. The fraction of sp³-hybridized carbons (Fsp3) is 0.600. The number of nitrogens with zero attached hydrogens (tertiary/aromatic N) is 1. The van der Waals surface area contributed by atoms with Gasteiger partial charge in [-0.1, -0.05) is 30.3 Å². The van der Waals surface area contributed by atoms with E-state index >= 15 is 0 Å². The van der Waals surface area contributed by atoms with Crippen LogP contribution >= 0.6 is 0 Å². The second kappa shape index (κ2) is 10.8. The highest BCUT2D eigenvalue weighted by Crippen LogP contribution is 2.20. The Morgan fingerprint density at radius 1 is 1.07 bits per heavy atom. The standard InChI is InChI=1S/C20H34N4O3/c1-6-21-17(22-13-10-14-23-18(25)27-19(2,3)4)24-15-20(5,26)16-11-8-7-9-12-16/h7-9,11-12,26H,6,10,13-15H2,1-5H3,(H,23,25)(H2,21,22,24). The normalized spacial score (nSPS) is 14.2. The highest BCUT2D eigenvalue weighted by atomic mass is 16.6. The summed E-state index contributed by atoms with van der Waals surface area (Å²) in [5.41, 5.74) is -0.712. The second-order valence-electron chi connectivity index (χ2n) is 7.54. The number of nitrogens with one attached hydrogen (secondary N) is 3. The van der Waals surface area contributed by atoms with Crippen LogP contribution in [0.2, 0.25) is 0 Å². The molecule has 7 heteroatoms. The molecule has 27 heavy (non-hydrogen) atoms. The zero-order valence-corrected chi connectivity index (χ0v) is 17.1. The first kappa shape index (κ1) is 22.8. The van der Waals surface area contributed by atoms with E-state index in [-0.39, 0.29) is 6.54 Å². The van der Waals surface area contributed by atoms with Gasteiger partial charge in [0.15, 0.2) is 5.96 Å². The van der Waals surface area contributed by atoms with Gasteiger partial charge in [0.1, 0.15) is 11.2 Å². The summed E-state index contributed by atoms with van der Waals surface area (Å²) in [7, 11) is 0. The van der Waals surface area contributed by atoms with Crippen LogP contribution in [0.15, 0.2) is 35.3 Å². The van der Waals surface area contributed by atoms with Crippen molar-refractivity contribution in [3.8, 4) is 0 Å². The van der Waals surface area contributed by atoms with Crippen LogP contribution in [0, 0.1) is 0 Å². The third-order valence-corrected chi connectivity index (χ3v) is 3.60. The molecule has 1 aromatic carbocycles. The molecule has 1 rings (SSSR count). The molecule has 1 aromatic rings. The molecule has 1 amide bonds. The molecule has 0 saturated heterocycles. The number of hydrogen-bond acceptors (Lipinski definition) is 4. The van der Waals surface area contributed by atoms with Crippen molar-refractivity contribution in [2.24, 2.45) is 4.99 Å². The second-order valence-corrected chi connectivity index (χ2v) is 7.54. The lowest BCUT2D eigenvalue weighted by atomic mass is 9.96. The maximum absolute atomic E-state index is 11.6. The van der Waals surface area contributed by atoms with Gasteiger partial charge in [0.05, 0.1) is 6.54 Å². The Morgan fingerprint density at radius 2 is 1.70 bits per heavy atom. The first-order valence-electron chi connectivity index (χ1n) is 9.41. The minimum absolute atomic E-state index is 0.239. The maximum atomic E-state index is 11.6. The minimum atomic E-state index is -1.04. The van der Waals surface area contributed by atoms with E-state index in [0.29, 0.717) is 19.0 Å². The van der Waals surface area contributed by atoms with Crippen molar-refractivity contribution in [1.82, 2.24) is 16.0 Å². The fourth-order valence-electron chi connectivity index (χ4n) is 2.26. The number of guanidine groups is 1. The van der Waals surface area contributed by atoms with Crippen molar-refractivity contribution in [2.75, 3.05) is 26.2 Å². The predicted octanol–water partition coefficient (Wildman–Crippen LogP) is 2.36. The van der Waals surface area contributed by atoms with E-state index < -0.39 is 17.3 Å². The van der Waals surface area contributed by atoms with Crippen molar-refractivity contribution in [1.29, 1.82) is 0 Å². The molecule has 0 saturated carbocycles. The van der Waals surface area contributed by atoms with Gasteiger partial charge < -0.3 is 25.8 Å². The van der Waals surface area contributed by atoms with Gasteiger partial charge in [-0.25, -0.2) is 9.79 Å². The SMILES string of the molecule is CCNC(=NCC(C)(O)c1ccccc1)NCCCNC(=O)OC(C)(C)C. The van der Waals surface area contributed by atoms with Crippen LogP contribution in [0.5, 0.6) is 0 Å². The average molecular weight is 379 g/mol. The third-order valence-electron chi connectivity index (χ3n) is 3.60. The molecule has 0 aromatic heterocycles. The van der Waals surface area contributed by atoms with Crippen molar-refractivity contribution in [2.45, 2.75) is 52.2 Å². The Bertz CT molecular complexity index is 595. The molecule has 0 aliphatic rings. The molecule has 4 N–H and O–H groups in total. The van der Waals surface area contributed by atoms with Crippen LogP contribution in [0.3, 0.4) is 0 Å². The van der Waals surface area contributed by atoms with Crippen LogP contribution in [0.4, 0.5) is 4.79 Å². The van der Waals surface area contributed by atoms with Gasteiger partial charge in [-0.05, 0) is 46.6 Å². The van der Waals surface area contributed by atoms with Crippen molar-refractivity contribution in [3.63, 3.8) is 0 Å². The number of rotatable bonds is 8. The summed E-state index contributed by atoms with van der Waals surface area (Å²) in [6, 6.07) is 9.49. The molecule has 1 unspecified atom stereocenters. The lowest BCUT2D eigenvalue weighted by Crippen LogP contribution is -2.40. The van der Waals surface area contributed by atoms with E-state index in [2.05, 4.69) is 20.9 Å². The van der Waals surface area contributed by atoms with Gasteiger partial charge in [0.2, 0.25) is 0 Å². The molecule has 0 aliphatic heterocycles. The molecule has 0 heterocycles. The van der Waals surface area contributed by atoms with E-state index in [0.717, 1.165) is 18.5 Å². The number of carbonyl (C=O) groups is 1. The summed E-state index contributed by atoms with van der Waals surface area (Å²) >= 11 is 0. The summed E-state index contributed by atoms with van der Waals surface area (Å²) in [6.45, 7) is 11.3. The van der Waals surface area contributed by atoms with E-state index in [9.17, 15) is 9.90 Å². The molecule has 0 bridgehead atoms. The Morgan fingerprint density at radius 3 is 2.30 bits per heavy atom. The Balaban J connectivity index is 2.43. The van der Waals surface area contributed by atoms with Crippen LogP contribution in [0.1, 0.15) is 46.6 Å². The van der Waals surface area contributed by atoms with E-state index in [1.54, 1.807) is 6.92 Å². The van der Waals surface area contributed by atoms with Crippen LogP contribution in [-0.4, -0.2) is 48.9 Å². The van der Waals surface area contributed by atoms with Crippen LogP contribution in [0.25, 0.3) is 0 Å². The predicted molar refractivity (Wildman–Crippen MR) is 109 cm³/mol. The molecule has 152 valence electrons. The maximum Gasteiger partial charge on any atom is 0.407 e. The highest BCUT2D eigenvalue weighted by Gasteiger charge is 2.22. The zero-order valence-electron chi connectivity index (χ0n) is 17.1. The number of aliphatic hydroxyl groups is 1. The number of amides is 1. The van der Waals surface area contributed by atoms with Crippen molar-refractivity contribution >= 4 is 12.1 Å². The van der Waals surface area contributed by atoms with Gasteiger partial charge in [0.25, 0.3) is 0 Å². The molecule has 0 aliphatic carbocycles. The number of aliphatic imine (C=N–C) groups is 1. The topological polar surface area (TPSA) is 95.0 Å². The quantitative estimate of drug-likeness (QED) is 0.316. The number of benzene rings is 1. The van der Waals surface area contributed by atoms with Crippen LogP contribution < -0.4 is 16.0 Å². The van der Waals surface area contributed by atoms with Gasteiger partial charge in [-0.15, -0.1) is 0 Å². The van der Waals surface area contributed by atoms with E-state index in [4.69, 9.17) is 4.74 Å². The number of ether oxygens (including phenoxy) is 1. The first-order chi connectivity index (χ1) is 12.6. The lowest BCUT2D eigenvalue weighted by molar-refractivity contribution is 0.0527. The third kappa shape index (κ3) is 9.84. The van der Waals surface area contributed by atoms with Gasteiger partial charge >= 0.3 is 6.09 Å². The Labute approximate surface area is 162 Å². The van der Waals surface area contributed by atoms with E-state index in [1.807, 2.05) is 58.0 Å². The largest absolute Gasteiger partial charge is 0.444 e. The molecule has 0 radical (unpaired) electrons. The number of hydrogen-bond donors (Lipinski definition) is 4. The summed E-state index contributed by atoms with van der Waals surface area (Å²) in [4.78, 5) is 16.1. The molecular weight excluding hydrogens is 344 g/mol. The summed E-state index contributed by atoms with van der Waals surface area (Å²) in [6.07, 6.45) is 0.306. The number of carbonyl (C=O) groups excluding carboxylic acids is 1. The number of alkyl carbamates (subject to hydrolysis) is 1.